The van der Waals surface area contributed by atoms with Crippen molar-refractivity contribution < 1.29 is 9.59 Å². The van der Waals surface area contributed by atoms with Gasteiger partial charge in [-0.05, 0) is 18.3 Å². The molecule has 1 aliphatic carbocycles. The molecule has 0 aromatic heterocycles. The van der Waals surface area contributed by atoms with Gasteiger partial charge in [0, 0.05) is 19.0 Å². The van der Waals surface area contributed by atoms with Crippen LogP contribution in [0, 0.1) is 11.3 Å². The van der Waals surface area contributed by atoms with Crippen molar-refractivity contribution >= 4 is 11.8 Å². The summed E-state index contributed by atoms with van der Waals surface area (Å²) in [6, 6.07) is 0.274. The van der Waals surface area contributed by atoms with Crippen LogP contribution in [0.2, 0.25) is 0 Å². The van der Waals surface area contributed by atoms with Gasteiger partial charge in [0.05, 0.1) is 5.92 Å². The molecular weight excluding hydrogens is 204 g/mol. The fraction of sp³-hybridized carbons (Fsp3) is 0.833. The Hall–Kier alpha value is -1.06. The lowest BCUT2D eigenvalue weighted by Gasteiger charge is -2.28. The summed E-state index contributed by atoms with van der Waals surface area (Å²) in [6.07, 6.45) is 3.76. The van der Waals surface area contributed by atoms with Gasteiger partial charge >= 0.3 is 0 Å². The molecular formula is C12H20N2O2. The van der Waals surface area contributed by atoms with Crippen molar-refractivity contribution in [2.24, 2.45) is 11.3 Å². The molecule has 0 radical (unpaired) electrons. The molecule has 2 atom stereocenters. The number of carbonyl (C=O) groups excluding carboxylic acids is 2. The van der Waals surface area contributed by atoms with Crippen molar-refractivity contribution in [3.05, 3.63) is 0 Å². The normalized spacial score (nSPS) is 32.5. The van der Waals surface area contributed by atoms with Crippen LogP contribution in [-0.4, -0.2) is 24.4 Å². The number of amides is 2. The van der Waals surface area contributed by atoms with Crippen LogP contribution in [0.4, 0.5) is 0 Å². The first kappa shape index (κ1) is 11.4. The molecule has 2 unspecified atom stereocenters. The highest BCUT2D eigenvalue weighted by Gasteiger charge is 2.37. The average molecular weight is 224 g/mol. The molecule has 1 saturated heterocycles. The maximum absolute atomic E-state index is 11.9. The van der Waals surface area contributed by atoms with Crippen molar-refractivity contribution in [1.82, 2.24) is 10.6 Å². The third-order valence-electron chi connectivity index (χ3n) is 3.92. The van der Waals surface area contributed by atoms with Crippen LogP contribution < -0.4 is 10.6 Å². The van der Waals surface area contributed by atoms with Crippen molar-refractivity contribution in [2.45, 2.75) is 45.6 Å². The summed E-state index contributed by atoms with van der Waals surface area (Å²) in [5, 5.41) is 5.80. The maximum Gasteiger partial charge on any atom is 0.225 e. The van der Waals surface area contributed by atoms with E-state index in [2.05, 4.69) is 24.5 Å². The predicted molar refractivity (Wildman–Crippen MR) is 60.7 cm³/mol. The van der Waals surface area contributed by atoms with E-state index in [1.165, 1.54) is 12.8 Å². The summed E-state index contributed by atoms with van der Waals surface area (Å²) < 4.78 is 0. The van der Waals surface area contributed by atoms with Gasteiger partial charge < -0.3 is 10.6 Å². The molecule has 90 valence electrons. The van der Waals surface area contributed by atoms with Gasteiger partial charge in [-0.25, -0.2) is 0 Å². The van der Waals surface area contributed by atoms with E-state index >= 15 is 0 Å². The molecule has 1 aliphatic heterocycles. The second kappa shape index (κ2) is 4.07. The van der Waals surface area contributed by atoms with E-state index in [1.54, 1.807) is 0 Å². The molecule has 0 aromatic carbocycles. The number of hydrogen-bond donors (Lipinski definition) is 2. The van der Waals surface area contributed by atoms with Gasteiger partial charge in [0.2, 0.25) is 11.8 Å². The van der Waals surface area contributed by atoms with Crippen molar-refractivity contribution in [3.63, 3.8) is 0 Å². The Morgan fingerprint density at radius 3 is 2.75 bits per heavy atom. The number of nitrogens with one attached hydrogen (secondary N) is 2. The molecule has 1 saturated carbocycles. The molecule has 4 nitrogen and oxygen atoms in total. The van der Waals surface area contributed by atoms with E-state index in [0.29, 0.717) is 13.0 Å². The Bertz CT molecular complexity index is 312. The molecule has 2 amide bonds. The highest BCUT2D eigenvalue weighted by molar-refractivity contribution is 5.89. The Morgan fingerprint density at radius 2 is 2.25 bits per heavy atom. The molecule has 16 heavy (non-hydrogen) atoms. The third-order valence-corrected chi connectivity index (χ3v) is 3.92. The number of hydrogen-bond acceptors (Lipinski definition) is 2. The van der Waals surface area contributed by atoms with E-state index in [-0.39, 0.29) is 29.2 Å². The van der Waals surface area contributed by atoms with Crippen LogP contribution in [-0.2, 0) is 9.59 Å². The van der Waals surface area contributed by atoms with Gasteiger partial charge in [0.1, 0.15) is 0 Å². The summed E-state index contributed by atoms with van der Waals surface area (Å²) in [6.45, 7) is 4.89. The van der Waals surface area contributed by atoms with Gasteiger partial charge in [-0.2, -0.15) is 0 Å². The van der Waals surface area contributed by atoms with E-state index in [0.717, 1.165) is 6.42 Å². The lowest BCUT2D eigenvalue weighted by atomic mass is 9.87. The summed E-state index contributed by atoms with van der Waals surface area (Å²) in [7, 11) is 0. The first-order valence-electron chi connectivity index (χ1n) is 6.06. The van der Waals surface area contributed by atoms with E-state index in [1.807, 2.05) is 0 Å². The lowest BCUT2D eigenvalue weighted by molar-refractivity contribution is -0.127. The first-order valence-corrected chi connectivity index (χ1v) is 6.06. The summed E-state index contributed by atoms with van der Waals surface area (Å²) in [5.41, 5.74) is 0.200. The molecule has 0 aromatic rings. The smallest absolute Gasteiger partial charge is 0.225 e. The van der Waals surface area contributed by atoms with E-state index in [4.69, 9.17) is 0 Å². The highest BCUT2D eigenvalue weighted by Crippen LogP contribution is 2.37. The Labute approximate surface area is 96.2 Å². The number of rotatable bonds is 2. The number of carbonyl (C=O) groups is 2. The van der Waals surface area contributed by atoms with Crippen LogP contribution in [0.3, 0.4) is 0 Å². The molecule has 2 aliphatic rings. The zero-order chi connectivity index (χ0) is 11.8. The SMILES string of the molecule is CC1(C)CCCC1NC(=O)C1CNC(=O)C1. The summed E-state index contributed by atoms with van der Waals surface area (Å²) in [5.74, 6) is -0.131. The van der Waals surface area contributed by atoms with E-state index in [9.17, 15) is 9.59 Å². The minimum Gasteiger partial charge on any atom is -0.355 e. The van der Waals surface area contributed by atoms with Crippen molar-refractivity contribution in [2.75, 3.05) is 6.54 Å². The van der Waals surface area contributed by atoms with Crippen LogP contribution in [0.5, 0.6) is 0 Å². The van der Waals surface area contributed by atoms with Gasteiger partial charge in [0.15, 0.2) is 0 Å². The third kappa shape index (κ3) is 2.20. The fourth-order valence-corrected chi connectivity index (χ4v) is 2.67. The quantitative estimate of drug-likeness (QED) is 0.729. The average Bonchev–Trinajstić information content (AvgIpc) is 2.74. The minimum atomic E-state index is -0.163. The fourth-order valence-electron chi connectivity index (χ4n) is 2.67. The molecule has 0 spiro atoms. The summed E-state index contributed by atoms with van der Waals surface area (Å²) >= 11 is 0. The van der Waals surface area contributed by atoms with Crippen LogP contribution in [0.15, 0.2) is 0 Å². The summed E-state index contributed by atoms with van der Waals surface area (Å²) in [4.78, 5) is 23.0. The topological polar surface area (TPSA) is 58.2 Å². The molecule has 2 fully saturated rings. The standard InChI is InChI=1S/C12H20N2O2/c1-12(2)5-3-4-9(12)14-11(16)8-6-10(15)13-7-8/h8-9H,3-7H2,1-2H3,(H,13,15)(H,14,16). The predicted octanol–water partition coefficient (Wildman–Crippen LogP) is 0.817. The largest absolute Gasteiger partial charge is 0.355 e. The van der Waals surface area contributed by atoms with Gasteiger partial charge in [-0.1, -0.05) is 20.3 Å². The molecule has 4 heteroatoms. The van der Waals surface area contributed by atoms with E-state index < -0.39 is 0 Å². The molecule has 0 bridgehead atoms. The molecule has 1 heterocycles. The monoisotopic (exact) mass is 224 g/mol. The van der Waals surface area contributed by atoms with Crippen LogP contribution >= 0.6 is 0 Å². The van der Waals surface area contributed by atoms with Crippen LogP contribution in [0.25, 0.3) is 0 Å². The molecule has 2 rings (SSSR count). The maximum atomic E-state index is 11.9. The minimum absolute atomic E-state index is 0.00849. The van der Waals surface area contributed by atoms with Crippen molar-refractivity contribution in [1.29, 1.82) is 0 Å². The van der Waals surface area contributed by atoms with Crippen molar-refractivity contribution in [3.8, 4) is 0 Å². The Morgan fingerprint density at radius 1 is 1.50 bits per heavy atom. The highest BCUT2D eigenvalue weighted by atomic mass is 16.2. The Kier molecular flexibility index (Phi) is 2.91. The molecule has 2 N–H and O–H groups in total. The zero-order valence-electron chi connectivity index (χ0n) is 10.0. The van der Waals surface area contributed by atoms with Gasteiger partial charge in [-0.15, -0.1) is 0 Å². The lowest BCUT2D eigenvalue weighted by Crippen LogP contribution is -2.44. The first-order chi connectivity index (χ1) is 7.49. The van der Waals surface area contributed by atoms with Crippen LogP contribution in [0.1, 0.15) is 39.5 Å². The van der Waals surface area contributed by atoms with Gasteiger partial charge in [0.25, 0.3) is 0 Å². The van der Waals surface area contributed by atoms with Gasteiger partial charge in [-0.3, -0.25) is 9.59 Å². The second-order valence-corrected chi connectivity index (χ2v) is 5.65. The second-order valence-electron chi connectivity index (χ2n) is 5.65. The zero-order valence-corrected chi connectivity index (χ0v) is 10.0. The Balaban J connectivity index is 1.90.